The van der Waals surface area contributed by atoms with Gasteiger partial charge in [0.15, 0.2) is 0 Å². The minimum absolute atomic E-state index is 0.0485. The number of thioether (sulfide) groups is 1. The van der Waals surface area contributed by atoms with Gasteiger partial charge in [-0.3, -0.25) is 0 Å². The Morgan fingerprint density at radius 2 is 2.12 bits per heavy atom. The zero-order valence-corrected chi connectivity index (χ0v) is 12.6. The lowest BCUT2D eigenvalue weighted by atomic mass is 10.1. The van der Waals surface area contributed by atoms with Crippen molar-refractivity contribution in [3.63, 3.8) is 0 Å². The fourth-order valence-electron chi connectivity index (χ4n) is 1.75. The lowest BCUT2D eigenvalue weighted by Crippen LogP contribution is -2.45. The zero-order chi connectivity index (χ0) is 12.9. The standard InChI is InChI=1S/C11H24N2O2S2/c1-11(2,16-3)9-13-17(14,15)8-10-6-4-5-7-12-10/h10,12-13H,4-9H2,1-3H3. The first-order valence-corrected chi connectivity index (χ1v) is 8.98. The quantitative estimate of drug-likeness (QED) is 0.767. The molecule has 0 spiro atoms. The van der Waals surface area contributed by atoms with Gasteiger partial charge in [-0.2, -0.15) is 11.8 Å². The molecular formula is C11H24N2O2S2. The molecule has 1 saturated heterocycles. The second-order valence-electron chi connectivity index (χ2n) is 5.21. The molecule has 0 amide bonds. The Hall–Kier alpha value is 0.220. The van der Waals surface area contributed by atoms with Gasteiger partial charge < -0.3 is 5.32 Å². The molecule has 0 aromatic carbocycles. The van der Waals surface area contributed by atoms with E-state index in [4.69, 9.17) is 0 Å². The number of rotatable bonds is 6. The molecule has 1 aliphatic rings. The Balaban J connectivity index is 2.40. The Bertz CT molecular complexity index is 322. The zero-order valence-electron chi connectivity index (χ0n) is 11.0. The maximum atomic E-state index is 11.9. The smallest absolute Gasteiger partial charge is 0.213 e. The lowest BCUT2D eigenvalue weighted by Gasteiger charge is -2.25. The Morgan fingerprint density at radius 3 is 2.65 bits per heavy atom. The van der Waals surface area contributed by atoms with E-state index in [-0.39, 0.29) is 16.5 Å². The van der Waals surface area contributed by atoms with Crippen molar-refractivity contribution in [1.82, 2.24) is 10.0 Å². The van der Waals surface area contributed by atoms with Crippen LogP contribution >= 0.6 is 11.8 Å². The highest BCUT2D eigenvalue weighted by atomic mass is 32.2. The average molecular weight is 280 g/mol. The third-order valence-electron chi connectivity index (χ3n) is 3.10. The predicted octanol–water partition coefficient (Wildman–Crippen LogP) is 1.19. The monoisotopic (exact) mass is 280 g/mol. The highest BCUT2D eigenvalue weighted by Crippen LogP contribution is 2.20. The van der Waals surface area contributed by atoms with E-state index in [9.17, 15) is 8.42 Å². The van der Waals surface area contributed by atoms with E-state index in [0.717, 1.165) is 25.8 Å². The van der Waals surface area contributed by atoms with Crippen LogP contribution in [0.3, 0.4) is 0 Å². The molecule has 1 heterocycles. The predicted molar refractivity (Wildman–Crippen MR) is 75.0 cm³/mol. The van der Waals surface area contributed by atoms with Gasteiger partial charge >= 0.3 is 0 Å². The normalized spacial score (nSPS) is 22.6. The van der Waals surface area contributed by atoms with Gasteiger partial charge in [0, 0.05) is 17.3 Å². The highest BCUT2D eigenvalue weighted by Gasteiger charge is 2.23. The summed E-state index contributed by atoms with van der Waals surface area (Å²) in [4.78, 5) is 0. The number of piperidine rings is 1. The molecule has 1 rings (SSSR count). The number of hydrogen-bond acceptors (Lipinski definition) is 4. The van der Waals surface area contributed by atoms with E-state index in [1.807, 2.05) is 20.1 Å². The van der Waals surface area contributed by atoms with Crippen molar-refractivity contribution in [2.75, 3.05) is 25.1 Å². The summed E-state index contributed by atoms with van der Waals surface area (Å²) < 4.78 is 26.5. The molecule has 1 fully saturated rings. The van der Waals surface area contributed by atoms with Crippen LogP contribution in [0.1, 0.15) is 33.1 Å². The van der Waals surface area contributed by atoms with E-state index in [1.165, 1.54) is 0 Å². The fourth-order valence-corrected chi connectivity index (χ4v) is 3.57. The third kappa shape index (κ3) is 6.08. The first kappa shape index (κ1) is 15.3. The van der Waals surface area contributed by atoms with Crippen molar-refractivity contribution < 1.29 is 8.42 Å². The minimum Gasteiger partial charge on any atom is -0.313 e. The number of sulfonamides is 1. The summed E-state index contributed by atoms with van der Waals surface area (Å²) in [6.45, 7) is 5.51. The van der Waals surface area contributed by atoms with Gasteiger partial charge in [-0.15, -0.1) is 0 Å². The van der Waals surface area contributed by atoms with Crippen molar-refractivity contribution in [3.8, 4) is 0 Å². The second kappa shape index (κ2) is 6.41. The van der Waals surface area contributed by atoms with Gasteiger partial charge in [0.2, 0.25) is 10.0 Å². The molecule has 4 nitrogen and oxygen atoms in total. The maximum Gasteiger partial charge on any atom is 0.213 e. The Labute approximate surface area is 109 Å². The van der Waals surface area contributed by atoms with Gasteiger partial charge in [-0.25, -0.2) is 13.1 Å². The van der Waals surface area contributed by atoms with Crippen molar-refractivity contribution in [2.24, 2.45) is 0 Å². The molecule has 0 aliphatic carbocycles. The van der Waals surface area contributed by atoms with Crippen LogP contribution in [0.4, 0.5) is 0 Å². The van der Waals surface area contributed by atoms with E-state index >= 15 is 0 Å². The van der Waals surface area contributed by atoms with E-state index in [0.29, 0.717) is 6.54 Å². The molecule has 1 atom stereocenters. The fraction of sp³-hybridized carbons (Fsp3) is 1.00. The molecule has 0 aromatic rings. The van der Waals surface area contributed by atoms with Gasteiger partial charge in [0.05, 0.1) is 5.75 Å². The maximum absolute atomic E-state index is 11.9. The summed E-state index contributed by atoms with van der Waals surface area (Å²) in [5.41, 5.74) is 0. The van der Waals surface area contributed by atoms with Gasteiger partial charge in [-0.1, -0.05) is 6.42 Å². The SMILES string of the molecule is CSC(C)(C)CNS(=O)(=O)CC1CCCCN1. The Morgan fingerprint density at radius 1 is 1.41 bits per heavy atom. The van der Waals surface area contributed by atoms with E-state index in [2.05, 4.69) is 10.0 Å². The van der Waals surface area contributed by atoms with Crippen LogP contribution in [0, 0.1) is 0 Å². The molecule has 2 N–H and O–H groups in total. The largest absolute Gasteiger partial charge is 0.313 e. The summed E-state index contributed by atoms with van der Waals surface area (Å²) in [6, 6.07) is 0.124. The number of nitrogens with one attached hydrogen (secondary N) is 2. The first-order chi connectivity index (χ1) is 7.85. The summed E-state index contributed by atoms with van der Waals surface area (Å²) in [5, 5.41) is 3.26. The third-order valence-corrected chi connectivity index (χ3v) is 5.78. The van der Waals surface area contributed by atoms with Crippen LogP contribution in [0.25, 0.3) is 0 Å². The molecule has 1 aliphatic heterocycles. The van der Waals surface area contributed by atoms with Crippen LogP contribution < -0.4 is 10.0 Å². The molecule has 0 saturated carbocycles. The molecule has 6 heteroatoms. The van der Waals surface area contributed by atoms with Crippen molar-refractivity contribution in [3.05, 3.63) is 0 Å². The van der Waals surface area contributed by atoms with E-state index in [1.54, 1.807) is 11.8 Å². The first-order valence-electron chi connectivity index (χ1n) is 6.10. The number of hydrogen-bond donors (Lipinski definition) is 2. The van der Waals surface area contributed by atoms with Crippen LogP contribution in [-0.2, 0) is 10.0 Å². The van der Waals surface area contributed by atoms with E-state index < -0.39 is 10.0 Å². The molecule has 102 valence electrons. The van der Waals surface area contributed by atoms with Crippen LogP contribution in [-0.4, -0.2) is 44.3 Å². The van der Waals surface area contributed by atoms with Crippen molar-refractivity contribution >= 4 is 21.8 Å². The Kier molecular flexibility index (Phi) is 5.76. The van der Waals surface area contributed by atoms with Gasteiger partial charge in [-0.05, 0) is 39.5 Å². The van der Waals surface area contributed by atoms with Crippen LogP contribution in [0.5, 0.6) is 0 Å². The second-order valence-corrected chi connectivity index (χ2v) is 8.58. The molecule has 0 aromatic heterocycles. The molecule has 0 bridgehead atoms. The van der Waals surface area contributed by atoms with Crippen LogP contribution in [0.15, 0.2) is 0 Å². The van der Waals surface area contributed by atoms with Crippen LogP contribution in [0.2, 0.25) is 0 Å². The lowest BCUT2D eigenvalue weighted by molar-refractivity contribution is 0.422. The highest BCUT2D eigenvalue weighted by molar-refractivity contribution is 8.00. The summed E-state index contributed by atoms with van der Waals surface area (Å²) in [7, 11) is -3.15. The molecular weight excluding hydrogens is 256 g/mol. The summed E-state index contributed by atoms with van der Waals surface area (Å²) in [6.07, 6.45) is 5.25. The molecule has 17 heavy (non-hydrogen) atoms. The van der Waals surface area contributed by atoms with Crippen molar-refractivity contribution in [2.45, 2.75) is 43.9 Å². The minimum atomic E-state index is -3.15. The average Bonchev–Trinajstić information content (AvgIpc) is 2.28. The van der Waals surface area contributed by atoms with Crippen molar-refractivity contribution in [1.29, 1.82) is 0 Å². The van der Waals surface area contributed by atoms with Gasteiger partial charge in [0.25, 0.3) is 0 Å². The topological polar surface area (TPSA) is 58.2 Å². The van der Waals surface area contributed by atoms with Gasteiger partial charge in [0.1, 0.15) is 0 Å². The summed E-state index contributed by atoms with van der Waals surface area (Å²) in [5.74, 6) is 0.206. The summed E-state index contributed by atoms with van der Waals surface area (Å²) >= 11 is 1.67. The molecule has 1 unspecified atom stereocenters. The molecule has 0 radical (unpaired) electrons.